The number of para-hydroxylation sites is 1. The number of nitrogens with one attached hydrogen (secondary N) is 1. The average Bonchev–Trinajstić information content (AvgIpc) is 2.70. The number of benzene rings is 1. The summed E-state index contributed by atoms with van der Waals surface area (Å²) in [5.74, 6) is -0.487. The number of imide groups is 1. The van der Waals surface area contributed by atoms with Crippen molar-refractivity contribution in [2.75, 3.05) is 18.0 Å². The fraction of sp³-hybridized carbons (Fsp3) is 0.400. The minimum Gasteiger partial charge on any atom is -0.352 e. The van der Waals surface area contributed by atoms with Gasteiger partial charge < -0.3 is 10.2 Å². The normalized spacial score (nSPS) is 21.6. The Hall–Kier alpha value is -2.37. The van der Waals surface area contributed by atoms with Gasteiger partial charge in [-0.2, -0.15) is 0 Å². The lowest BCUT2D eigenvalue weighted by Crippen LogP contribution is -2.54. The smallest absolute Gasteiger partial charge is 0.332 e. The molecule has 0 aliphatic carbocycles. The van der Waals surface area contributed by atoms with Gasteiger partial charge in [0, 0.05) is 6.54 Å². The average molecular weight is 287 g/mol. The highest BCUT2D eigenvalue weighted by Gasteiger charge is 2.49. The summed E-state index contributed by atoms with van der Waals surface area (Å²) in [4.78, 5) is 39.2. The molecule has 2 fully saturated rings. The number of aryl methyl sites for hydroxylation is 2. The lowest BCUT2D eigenvalue weighted by atomic mass is 10.0. The van der Waals surface area contributed by atoms with Crippen LogP contribution in [0.4, 0.5) is 10.5 Å². The van der Waals surface area contributed by atoms with Crippen molar-refractivity contribution in [1.29, 1.82) is 0 Å². The summed E-state index contributed by atoms with van der Waals surface area (Å²) >= 11 is 0. The van der Waals surface area contributed by atoms with E-state index in [4.69, 9.17) is 0 Å². The maximum Gasteiger partial charge on any atom is 0.332 e. The number of urea groups is 1. The van der Waals surface area contributed by atoms with Crippen LogP contribution in [0, 0.1) is 6.92 Å². The lowest BCUT2D eigenvalue weighted by molar-refractivity contribution is -0.126. The highest BCUT2D eigenvalue weighted by molar-refractivity contribution is 6.23. The monoisotopic (exact) mass is 287 g/mol. The van der Waals surface area contributed by atoms with Gasteiger partial charge in [-0.3, -0.25) is 9.59 Å². The SMILES string of the molecule is CCc1cccc(C)c1N1C(=O)[C@@H]2CNC(=O)CN2C1=O. The number of carbonyl (C=O) groups excluding carboxylic acids is 3. The fourth-order valence-electron chi connectivity index (χ4n) is 2.97. The Morgan fingerprint density at radius 2 is 2.05 bits per heavy atom. The van der Waals surface area contributed by atoms with E-state index < -0.39 is 12.1 Å². The number of carbonyl (C=O) groups is 3. The third kappa shape index (κ3) is 1.98. The summed E-state index contributed by atoms with van der Waals surface area (Å²) in [6.07, 6.45) is 0.732. The molecule has 3 rings (SSSR count). The number of amides is 4. The summed E-state index contributed by atoms with van der Waals surface area (Å²) < 4.78 is 0. The first-order valence-electron chi connectivity index (χ1n) is 7.04. The highest BCUT2D eigenvalue weighted by atomic mass is 16.2. The van der Waals surface area contributed by atoms with Crippen molar-refractivity contribution in [3.05, 3.63) is 29.3 Å². The van der Waals surface area contributed by atoms with Gasteiger partial charge in [0.05, 0.1) is 5.69 Å². The fourth-order valence-corrected chi connectivity index (χ4v) is 2.97. The van der Waals surface area contributed by atoms with Crippen molar-refractivity contribution in [3.63, 3.8) is 0 Å². The lowest BCUT2D eigenvalue weighted by Gasteiger charge is -2.26. The molecule has 6 nitrogen and oxygen atoms in total. The van der Waals surface area contributed by atoms with E-state index in [1.807, 2.05) is 32.0 Å². The van der Waals surface area contributed by atoms with Crippen LogP contribution >= 0.6 is 0 Å². The minimum absolute atomic E-state index is 0.0565. The van der Waals surface area contributed by atoms with Crippen molar-refractivity contribution in [3.8, 4) is 0 Å². The molecular formula is C15H17N3O3. The minimum atomic E-state index is -0.584. The molecule has 1 atom stereocenters. The van der Waals surface area contributed by atoms with Gasteiger partial charge in [-0.15, -0.1) is 0 Å². The molecule has 0 radical (unpaired) electrons. The molecule has 6 heteroatoms. The van der Waals surface area contributed by atoms with E-state index in [-0.39, 0.29) is 24.9 Å². The van der Waals surface area contributed by atoms with Crippen molar-refractivity contribution in [2.45, 2.75) is 26.3 Å². The standard InChI is InChI=1S/C15H17N3O3/c1-3-10-6-4-5-9(2)13(10)18-14(20)11-7-16-12(19)8-17(11)15(18)21/h4-6,11H,3,7-8H2,1-2H3,(H,16,19)/t11-/m0/s1. The molecule has 0 bridgehead atoms. The maximum absolute atomic E-state index is 12.6. The van der Waals surface area contributed by atoms with Crippen LogP contribution in [0.5, 0.6) is 0 Å². The molecule has 2 heterocycles. The van der Waals surface area contributed by atoms with E-state index in [0.29, 0.717) is 5.69 Å². The molecular weight excluding hydrogens is 270 g/mol. The van der Waals surface area contributed by atoms with E-state index in [2.05, 4.69) is 5.32 Å². The Labute approximate surface area is 122 Å². The van der Waals surface area contributed by atoms with Gasteiger partial charge in [-0.05, 0) is 24.5 Å². The van der Waals surface area contributed by atoms with Gasteiger partial charge >= 0.3 is 6.03 Å². The molecule has 0 saturated carbocycles. The van der Waals surface area contributed by atoms with Crippen LogP contribution in [0.25, 0.3) is 0 Å². The Bertz CT molecular complexity index is 641. The van der Waals surface area contributed by atoms with Gasteiger partial charge in [0.25, 0.3) is 5.91 Å². The second kappa shape index (κ2) is 4.87. The Morgan fingerprint density at radius 3 is 2.76 bits per heavy atom. The number of rotatable bonds is 2. The Morgan fingerprint density at radius 1 is 1.29 bits per heavy atom. The molecule has 2 saturated heterocycles. The molecule has 0 spiro atoms. The molecule has 1 aromatic rings. The number of anilines is 1. The first kappa shape index (κ1) is 13.6. The second-order valence-corrected chi connectivity index (χ2v) is 5.34. The van der Waals surface area contributed by atoms with Crippen LogP contribution in [-0.2, 0) is 16.0 Å². The third-order valence-electron chi connectivity index (χ3n) is 4.05. The summed E-state index contributed by atoms with van der Waals surface area (Å²) in [5, 5.41) is 2.64. The zero-order valence-corrected chi connectivity index (χ0v) is 12.0. The quantitative estimate of drug-likeness (QED) is 0.819. The molecule has 0 aromatic heterocycles. The molecule has 4 amide bonds. The predicted molar refractivity (Wildman–Crippen MR) is 76.9 cm³/mol. The molecule has 2 aliphatic heterocycles. The summed E-state index contributed by atoms with van der Waals surface area (Å²) in [6, 6.07) is 4.74. The van der Waals surface area contributed by atoms with E-state index >= 15 is 0 Å². The van der Waals surface area contributed by atoms with Crippen LogP contribution in [0.3, 0.4) is 0 Å². The zero-order valence-electron chi connectivity index (χ0n) is 12.0. The van der Waals surface area contributed by atoms with E-state index in [1.54, 1.807) is 0 Å². The van der Waals surface area contributed by atoms with Crippen LogP contribution < -0.4 is 10.2 Å². The molecule has 110 valence electrons. The first-order valence-corrected chi connectivity index (χ1v) is 7.04. The molecule has 21 heavy (non-hydrogen) atoms. The maximum atomic E-state index is 12.6. The number of piperazine rings is 1. The van der Waals surface area contributed by atoms with Gasteiger partial charge in [0.1, 0.15) is 12.6 Å². The van der Waals surface area contributed by atoms with Crippen molar-refractivity contribution >= 4 is 23.5 Å². The topological polar surface area (TPSA) is 69.7 Å². The highest BCUT2D eigenvalue weighted by Crippen LogP contribution is 2.32. The predicted octanol–water partition coefficient (Wildman–Crippen LogP) is 0.824. The van der Waals surface area contributed by atoms with Crippen LogP contribution in [0.15, 0.2) is 18.2 Å². The Kier molecular flexibility index (Phi) is 3.16. The van der Waals surface area contributed by atoms with Crippen molar-refractivity contribution in [2.24, 2.45) is 0 Å². The van der Waals surface area contributed by atoms with Gasteiger partial charge in [-0.1, -0.05) is 25.1 Å². The number of hydrogen-bond donors (Lipinski definition) is 1. The molecule has 1 aromatic carbocycles. The largest absolute Gasteiger partial charge is 0.352 e. The van der Waals surface area contributed by atoms with Crippen LogP contribution in [-0.4, -0.2) is 41.9 Å². The van der Waals surface area contributed by atoms with Crippen molar-refractivity contribution in [1.82, 2.24) is 10.2 Å². The molecule has 0 unspecified atom stereocenters. The molecule has 1 N–H and O–H groups in total. The summed E-state index contributed by atoms with van der Waals surface area (Å²) in [7, 11) is 0. The van der Waals surface area contributed by atoms with Crippen LogP contribution in [0.2, 0.25) is 0 Å². The summed E-state index contributed by atoms with van der Waals surface area (Å²) in [6.45, 7) is 4.00. The molecule has 2 aliphatic rings. The van der Waals surface area contributed by atoms with Gasteiger partial charge in [-0.25, -0.2) is 9.69 Å². The second-order valence-electron chi connectivity index (χ2n) is 5.34. The number of hydrogen-bond acceptors (Lipinski definition) is 3. The van der Waals surface area contributed by atoms with Crippen LogP contribution in [0.1, 0.15) is 18.1 Å². The first-order chi connectivity index (χ1) is 10.0. The zero-order chi connectivity index (χ0) is 15.1. The van der Waals surface area contributed by atoms with E-state index in [1.165, 1.54) is 9.80 Å². The number of fused-ring (bicyclic) bond motifs is 1. The van der Waals surface area contributed by atoms with E-state index in [0.717, 1.165) is 17.5 Å². The summed E-state index contributed by atoms with van der Waals surface area (Å²) in [5.41, 5.74) is 2.50. The van der Waals surface area contributed by atoms with Gasteiger partial charge in [0.15, 0.2) is 0 Å². The Balaban J connectivity index is 2.06. The van der Waals surface area contributed by atoms with E-state index in [9.17, 15) is 14.4 Å². The number of nitrogens with zero attached hydrogens (tertiary/aromatic N) is 2. The van der Waals surface area contributed by atoms with Crippen molar-refractivity contribution < 1.29 is 14.4 Å². The third-order valence-corrected chi connectivity index (χ3v) is 4.05. The van der Waals surface area contributed by atoms with Gasteiger partial charge in [0.2, 0.25) is 5.91 Å².